The molecule has 0 aromatic carbocycles. The van der Waals surface area contributed by atoms with Gasteiger partial charge in [-0.3, -0.25) is 4.90 Å². The van der Waals surface area contributed by atoms with Gasteiger partial charge in [-0.2, -0.15) is 0 Å². The van der Waals surface area contributed by atoms with Gasteiger partial charge < -0.3 is 5.32 Å². The number of likely N-dealkylation sites (tertiary alicyclic amines) is 1. The zero-order valence-corrected chi connectivity index (χ0v) is 9.44. The summed E-state index contributed by atoms with van der Waals surface area (Å²) in [5, 5.41) is 4.10. The molecule has 78 valence electrons. The third-order valence-corrected chi connectivity index (χ3v) is 3.60. The number of nitrogens with one attached hydrogen (secondary N) is 1. The monoisotopic (exact) mass is 211 g/mol. The Morgan fingerprint density at radius 2 is 2.21 bits per heavy atom. The minimum absolute atomic E-state index is 1.03. The fraction of sp³-hybridized carbons (Fsp3) is 0.700. The summed E-state index contributed by atoms with van der Waals surface area (Å²) in [4.78, 5) is 8.18. The molecule has 1 aromatic heterocycles. The van der Waals surface area contributed by atoms with Crippen molar-refractivity contribution in [2.45, 2.75) is 25.8 Å². The predicted octanol–water partition coefficient (Wildman–Crippen LogP) is 2.17. The minimum Gasteiger partial charge on any atom is -0.365 e. The molecule has 0 bridgehead atoms. The van der Waals surface area contributed by atoms with Crippen LogP contribution in [0.1, 0.15) is 24.1 Å². The van der Waals surface area contributed by atoms with Gasteiger partial charge in [0, 0.05) is 24.7 Å². The predicted molar refractivity (Wildman–Crippen MR) is 60.8 cm³/mol. The first-order valence-electron chi connectivity index (χ1n) is 5.23. The Bertz CT molecular complexity index is 279. The van der Waals surface area contributed by atoms with Crippen LogP contribution in [0.4, 0.5) is 5.13 Å². The van der Waals surface area contributed by atoms with E-state index in [4.69, 9.17) is 0 Å². The van der Waals surface area contributed by atoms with Crippen molar-refractivity contribution in [1.82, 2.24) is 9.88 Å². The van der Waals surface area contributed by atoms with Crippen LogP contribution in [0.3, 0.4) is 0 Å². The van der Waals surface area contributed by atoms with Gasteiger partial charge in [-0.1, -0.05) is 6.42 Å². The average Bonchev–Trinajstić information content (AvgIpc) is 2.67. The second-order valence-corrected chi connectivity index (χ2v) is 4.83. The first-order valence-corrected chi connectivity index (χ1v) is 6.05. The number of anilines is 1. The summed E-state index contributed by atoms with van der Waals surface area (Å²) >= 11 is 1.76. The van der Waals surface area contributed by atoms with Crippen LogP contribution < -0.4 is 5.32 Å². The number of thiazole rings is 1. The van der Waals surface area contributed by atoms with Crippen LogP contribution in [0, 0.1) is 0 Å². The summed E-state index contributed by atoms with van der Waals surface area (Å²) in [6, 6.07) is 0. The van der Waals surface area contributed by atoms with E-state index in [0.717, 1.165) is 11.7 Å². The van der Waals surface area contributed by atoms with Crippen LogP contribution in [0.2, 0.25) is 0 Å². The standard InChI is InChI=1S/C10H17N3S/c1-11-10-12-7-9(14-10)8-13-5-3-2-4-6-13/h7H,2-6,8H2,1H3,(H,11,12). The quantitative estimate of drug-likeness (QED) is 0.830. The summed E-state index contributed by atoms with van der Waals surface area (Å²) in [5.41, 5.74) is 0. The van der Waals surface area contributed by atoms with Crippen molar-refractivity contribution < 1.29 is 0 Å². The van der Waals surface area contributed by atoms with E-state index in [9.17, 15) is 0 Å². The molecule has 0 atom stereocenters. The highest BCUT2D eigenvalue weighted by molar-refractivity contribution is 7.15. The largest absolute Gasteiger partial charge is 0.365 e. The van der Waals surface area contributed by atoms with Gasteiger partial charge in [0.25, 0.3) is 0 Å². The summed E-state index contributed by atoms with van der Waals surface area (Å²) in [6.45, 7) is 3.60. The molecule has 14 heavy (non-hydrogen) atoms. The van der Waals surface area contributed by atoms with Crippen LogP contribution in [-0.2, 0) is 6.54 Å². The summed E-state index contributed by atoms with van der Waals surface area (Å²) < 4.78 is 0. The number of piperidine rings is 1. The van der Waals surface area contributed by atoms with Gasteiger partial charge in [0.2, 0.25) is 0 Å². The molecule has 1 fully saturated rings. The third kappa shape index (κ3) is 2.45. The van der Waals surface area contributed by atoms with Gasteiger partial charge in [-0.15, -0.1) is 11.3 Å². The molecular formula is C10H17N3S. The lowest BCUT2D eigenvalue weighted by Crippen LogP contribution is -2.28. The zero-order chi connectivity index (χ0) is 9.80. The van der Waals surface area contributed by atoms with Crippen LogP contribution in [-0.4, -0.2) is 30.0 Å². The molecule has 1 N–H and O–H groups in total. The fourth-order valence-electron chi connectivity index (χ4n) is 1.83. The highest BCUT2D eigenvalue weighted by Gasteiger charge is 2.11. The van der Waals surface area contributed by atoms with E-state index < -0.39 is 0 Å². The van der Waals surface area contributed by atoms with Gasteiger partial charge in [-0.05, 0) is 25.9 Å². The first-order chi connectivity index (χ1) is 6.88. The van der Waals surface area contributed by atoms with Crippen LogP contribution in [0.25, 0.3) is 0 Å². The maximum Gasteiger partial charge on any atom is 0.182 e. The Morgan fingerprint density at radius 3 is 2.86 bits per heavy atom. The first kappa shape index (κ1) is 9.93. The molecule has 0 spiro atoms. The summed E-state index contributed by atoms with van der Waals surface area (Å²) in [7, 11) is 1.92. The van der Waals surface area contributed by atoms with E-state index in [-0.39, 0.29) is 0 Å². The van der Waals surface area contributed by atoms with E-state index in [1.807, 2.05) is 13.2 Å². The third-order valence-electron chi connectivity index (χ3n) is 2.60. The van der Waals surface area contributed by atoms with Crippen molar-refractivity contribution >= 4 is 16.5 Å². The molecule has 1 aliphatic heterocycles. The maximum absolute atomic E-state index is 4.28. The summed E-state index contributed by atoms with van der Waals surface area (Å²) in [6.07, 6.45) is 6.11. The Morgan fingerprint density at radius 1 is 1.43 bits per heavy atom. The smallest absolute Gasteiger partial charge is 0.182 e. The van der Waals surface area contributed by atoms with Gasteiger partial charge in [0.05, 0.1) is 0 Å². The molecule has 2 rings (SSSR count). The highest BCUT2D eigenvalue weighted by atomic mass is 32.1. The number of nitrogens with zero attached hydrogens (tertiary/aromatic N) is 2. The van der Waals surface area contributed by atoms with Crippen molar-refractivity contribution in [2.75, 3.05) is 25.5 Å². The molecule has 0 unspecified atom stereocenters. The molecule has 0 aliphatic carbocycles. The molecule has 0 saturated carbocycles. The molecule has 4 heteroatoms. The number of rotatable bonds is 3. The fourth-order valence-corrected chi connectivity index (χ4v) is 2.64. The lowest BCUT2D eigenvalue weighted by atomic mass is 10.1. The number of aromatic nitrogens is 1. The van der Waals surface area contributed by atoms with Crippen molar-refractivity contribution in [3.05, 3.63) is 11.1 Å². The van der Waals surface area contributed by atoms with E-state index in [2.05, 4.69) is 15.2 Å². The highest BCUT2D eigenvalue weighted by Crippen LogP contribution is 2.20. The van der Waals surface area contributed by atoms with Crippen LogP contribution >= 0.6 is 11.3 Å². The van der Waals surface area contributed by atoms with Crippen LogP contribution in [0.15, 0.2) is 6.20 Å². The van der Waals surface area contributed by atoms with Crippen molar-refractivity contribution in [2.24, 2.45) is 0 Å². The molecule has 1 aromatic rings. The maximum atomic E-state index is 4.28. The van der Waals surface area contributed by atoms with E-state index in [1.54, 1.807) is 11.3 Å². The lowest BCUT2D eigenvalue weighted by Gasteiger charge is -2.25. The number of hydrogen-bond donors (Lipinski definition) is 1. The SMILES string of the molecule is CNc1ncc(CN2CCCCC2)s1. The molecule has 0 amide bonds. The minimum atomic E-state index is 1.03. The zero-order valence-electron chi connectivity index (χ0n) is 8.62. The summed E-state index contributed by atoms with van der Waals surface area (Å²) in [5.74, 6) is 0. The average molecular weight is 211 g/mol. The van der Waals surface area contributed by atoms with Crippen molar-refractivity contribution in [3.63, 3.8) is 0 Å². The second kappa shape index (κ2) is 4.75. The Balaban J connectivity index is 1.89. The second-order valence-electron chi connectivity index (χ2n) is 3.72. The Labute approximate surface area is 89.1 Å². The van der Waals surface area contributed by atoms with E-state index in [0.29, 0.717) is 0 Å². The van der Waals surface area contributed by atoms with Crippen LogP contribution in [0.5, 0.6) is 0 Å². The Kier molecular flexibility index (Phi) is 3.37. The van der Waals surface area contributed by atoms with Crippen molar-refractivity contribution in [1.29, 1.82) is 0 Å². The van der Waals surface area contributed by atoms with Crippen molar-refractivity contribution in [3.8, 4) is 0 Å². The Hall–Kier alpha value is -0.610. The van der Waals surface area contributed by atoms with E-state index in [1.165, 1.54) is 37.2 Å². The normalized spacial score (nSPS) is 18.4. The van der Waals surface area contributed by atoms with Gasteiger partial charge >= 0.3 is 0 Å². The molecule has 3 nitrogen and oxygen atoms in total. The van der Waals surface area contributed by atoms with Gasteiger partial charge in [0.1, 0.15) is 0 Å². The molecule has 0 radical (unpaired) electrons. The van der Waals surface area contributed by atoms with Gasteiger partial charge in [0.15, 0.2) is 5.13 Å². The topological polar surface area (TPSA) is 28.2 Å². The van der Waals surface area contributed by atoms with E-state index >= 15 is 0 Å². The lowest BCUT2D eigenvalue weighted by molar-refractivity contribution is 0.222. The molecule has 1 aliphatic rings. The molecule has 1 saturated heterocycles. The van der Waals surface area contributed by atoms with Gasteiger partial charge in [-0.25, -0.2) is 4.98 Å². The molecular weight excluding hydrogens is 194 g/mol. The number of hydrogen-bond acceptors (Lipinski definition) is 4. The molecule has 2 heterocycles.